The highest BCUT2D eigenvalue weighted by Gasteiger charge is 2.40. The predicted molar refractivity (Wildman–Crippen MR) is 237 cm³/mol. The lowest BCUT2D eigenvalue weighted by Gasteiger charge is -2.26. The average Bonchev–Trinajstić information content (AvgIpc) is 3.94. The molecule has 57 heavy (non-hydrogen) atoms. The summed E-state index contributed by atoms with van der Waals surface area (Å²) in [6, 6.07) is 68.3. The summed E-state index contributed by atoms with van der Waals surface area (Å²) in [5.41, 5.74) is 15.7. The third-order valence-electron chi connectivity index (χ3n) is 12.1. The Labute approximate surface area is 330 Å². The first-order valence-electron chi connectivity index (χ1n) is 19.7. The zero-order valence-corrected chi connectivity index (χ0v) is 31.1. The van der Waals surface area contributed by atoms with E-state index >= 15 is 0 Å². The number of nitrogens with zero attached hydrogens (tertiary/aromatic N) is 2. The Bertz CT molecular complexity index is 3260. The molecule has 2 atom stereocenters. The highest BCUT2D eigenvalue weighted by atomic mass is 16.5. The van der Waals surface area contributed by atoms with Crippen molar-refractivity contribution in [2.24, 2.45) is 0 Å². The van der Waals surface area contributed by atoms with E-state index in [4.69, 9.17) is 4.74 Å². The topological polar surface area (TPSA) is 19.1 Å². The number of hydrogen-bond donors (Lipinski definition) is 0. The van der Waals surface area contributed by atoms with E-state index < -0.39 is 0 Å². The van der Waals surface area contributed by atoms with Crippen LogP contribution in [-0.2, 0) is 0 Å². The molecule has 3 heteroatoms. The van der Waals surface area contributed by atoms with Crippen molar-refractivity contribution in [3.63, 3.8) is 0 Å². The molecular weight excluding hydrogens is 693 g/mol. The van der Waals surface area contributed by atoms with Gasteiger partial charge in [-0.25, -0.2) is 0 Å². The van der Waals surface area contributed by atoms with Gasteiger partial charge in [-0.15, -0.1) is 0 Å². The fraction of sp³-hybridized carbons (Fsp3) is 0.0370. The van der Waals surface area contributed by atoms with Gasteiger partial charge in [-0.3, -0.25) is 0 Å². The summed E-state index contributed by atoms with van der Waals surface area (Å²) in [5.74, 6) is 1.02. The Hall–Kier alpha value is -7.36. The standard InChI is InChI=1S/C54H36N2O/c1-3-13-35(14-4-1)36-25-29-40(30-26-36)55-46-20-9-7-17-42(46)44-33-38(27-31-48(44)55)39-28-32-49-45(34-39)43-18-8-10-21-47(43)56(49)50-22-12-24-52-54(50)53-41(19-11-23-51(53)57-52)37-15-5-2-6-16-37/h1-34,52,54H. The normalized spacial score (nSPS) is 15.9. The molecule has 268 valence electrons. The lowest BCUT2D eigenvalue weighted by atomic mass is 9.84. The Balaban J connectivity index is 0.986. The van der Waals surface area contributed by atoms with Gasteiger partial charge in [0.2, 0.25) is 0 Å². The van der Waals surface area contributed by atoms with Gasteiger partial charge in [0.05, 0.1) is 28.0 Å². The second-order valence-corrected chi connectivity index (χ2v) is 15.2. The van der Waals surface area contributed by atoms with Crippen LogP contribution in [0.5, 0.6) is 5.75 Å². The molecule has 2 aromatic heterocycles. The van der Waals surface area contributed by atoms with Gasteiger partial charge in [-0.2, -0.15) is 0 Å². The highest BCUT2D eigenvalue weighted by molar-refractivity contribution is 6.13. The summed E-state index contributed by atoms with van der Waals surface area (Å²) in [7, 11) is 0. The van der Waals surface area contributed by atoms with Crippen LogP contribution >= 0.6 is 0 Å². The van der Waals surface area contributed by atoms with Crippen molar-refractivity contribution < 1.29 is 4.74 Å². The monoisotopic (exact) mass is 728 g/mol. The van der Waals surface area contributed by atoms with Crippen molar-refractivity contribution in [2.75, 3.05) is 0 Å². The molecule has 2 unspecified atom stereocenters. The predicted octanol–water partition coefficient (Wildman–Crippen LogP) is 13.8. The lowest BCUT2D eigenvalue weighted by molar-refractivity contribution is 0.270. The fourth-order valence-electron chi connectivity index (χ4n) is 9.56. The van der Waals surface area contributed by atoms with Gasteiger partial charge in [-0.1, -0.05) is 140 Å². The van der Waals surface area contributed by atoms with Gasteiger partial charge < -0.3 is 13.9 Å². The molecule has 0 saturated carbocycles. The van der Waals surface area contributed by atoms with Crippen LogP contribution in [0.4, 0.5) is 0 Å². The van der Waals surface area contributed by atoms with Crippen molar-refractivity contribution in [1.82, 2.24) is 9.13 Å². The van der Waals surface area contributed by atoms with Gasteiger partial charge in [0.25, 0.3) is 0 Å². The Morgan fingerprint density at radius 2 is 0.947 bits per heavy atom. The molecule has 0 spiro atoms. The summed E-state index contributed by atoms with van der Waals surface area (Å²) in [6.45, 7) is 0. The highest BCUT2D eigenvalue weighted by Crippen LogP contribution is 2.52. The molecule has 0 saturated heterocycles. The van der Waals surface area contributed by atoms with Crippen LogP contribution in [0.15, 0.2) is 206 Å². The maximum Gasteiger partial charge on any atom is 0.130 e. The number of benzene rings is 8. The quantitative estimate of drug-likeness (QED) is 0.173. The summed E-state index contributed by atoms with van der Waals surface area (Å²) in [5, 5.41) is 4.98. The van der Waals surface area contributed by atoms with E-state index in [1.165, 1.54) is 88.3 Å². The van der Waals surface area contributed by atoms with Gasteiger partial charge in [-0.05, 0) is 100 Å². The van der Waals surface area contributed by atoms with Crippen LogP contribution in [0.2, 0.25) is 0 Å². The summed E-state index contributed by atoms with van der Waals surface area (Å²) < 4.78 is 11.6. The van der Waals surface area contributed by atoms with Crippen molar-refractivity contribution in [3.05, 3.63) is 212 Å². The van der Waals surface area contributed by atoms with Crippen LogP contribution in [0.3, 0.4) is 0 Å². The number of para-hydroxylation sites is 2. The van der Waals surface area contributed by atoms with Crippen LogP contribution < -0.4 is 4.74 Å². The van der Waals surface area contributed by atoms with E-state index in [9.17, 15) is 0 Å². The molecule has 12 rings (SSSR count). The number of allylic oxidation sites excluding steroid dienone is 2. The van der Waals surface area contributed by atoms with Crippen LogP contribution in [-0.4, -0.2) is 15.2 Å². The zero-order chi connectivity index (χ0) is 37.5. The molecule has 1 aliphatic heterocycles. The molecule has 0 radical (unpaired) electrons. The molecule has 0 N–H and O–H groups in total. The molecule has 10 aromatic rings. The van der Waals surface area contributed by atoms with Crippen LogP contribution in [0.1, 0.15) is 11.5 Å². The second kappa shape index (κ2) is 12.6. The van der Waals surface area contributed by atoms with Crippen molar-refractivity contribution in [2.45, 2.75) is 12.0 Å². The number of aromatic nitrogens is 2. The molecular formula is C54H36N2O. The Morgan fingerprint density at radius 1 is 0.404 bits per heavy atom. The third-order valence-corrected chi connectivity index (χ3v) is 12.1. The largest absolute Gasteiger partial charge is 0.485 e. The van der Waals surface area contributed by atoms with Crippen LogP contribution in [0.25, 0.3) is 88.4 Å². The van der Waals surface area contributed by atoms with Crippen LogP contribution in [0, 0.1) is 0 Å². The smallest absolute Gasteiger partial charge is 0.130 e. The summed E-state index contributed by atoms with van der Waals surface area (Å²) in [6.07, 6.45) is 6.60. The minimum atomic E-state index is -0.0731. The number of rotatable bonds is 5. The molecule has 8 aromatic carbocycles. The molecule has 0 amide bonds. The van der Waals surface area contributed by atoms with Gasteiger partial charge in [0, 0.05) is 38.5 Å². The van der Waals surface area contributed by atoms with Gasteiger partial charge in [0.1, 0.15) is 11.9 Å². The SMILES string of the molecule is C1=CC2Oc3cccc(-c4ccccc4)c3C2C(n2c3ccccc3c3cc(-c4ccc5c(c4)c4ccccc4n5-c4ccc(-c5ccccc5)cc4)ccc32)=C1. The molecule has 0 bridgehead atoms. The van der Waals surface area contributed by atoms with E-state index in [0.29, 0.717) is 0 Å². The molecule has 0 fully saturated rings. The van der Waals surface area contributed by atoms with E-state index in [1.807, 2.05) is 0 Å². The van der Waals surface area contributed by atoms with E-state index in [0.717, 1.165) is 11.4 Å². The second-order valence-electron chi connectivity index (χ2n) is 15.2. The first-order valence-corrected chi connectivity index (χ1v) is 19.7. The minimum absolute atomic E-state index is 0.0503. The number of fused-ring (bicyclic) bond motifs is 9. The van der Waals surface area contributed by atoms with E-state index in [-0.39, 0.29) is 12.0 Å². The first-order chi connectivity index (χ1) is 28.3. The van der Waals surface area contributed by atoms with Gasteiger partial charge >= 0.3 is 0 Å². The van der Waals surface area contributed by atoms with Crippen molar-refractivity contribution in [1.29, 1.82) is 0 Å². The lowest BCUT2D eigenvalue weighted by Crippen LogP contribution is -2.22. The number of ether oxygens (including phenoxy) is 1. The third kappa shape index (κ3) is 4.92. The Kier molecular flexibility index (Phi) is 7.05. The molecule has 1 aliphatic carbocycles. The molecule has 2 aliphatic rings. The van der Waals surface area contributed by atoms with Crippen molar-refractivity contribution in [3.8, 4) is 44.8 Å². The number of hydrogen-bond acceptors (Lipinski definition) is 1. The Morgan fingerprint density at radius 3 is 1.63 bits per heavy atom. The molecule has 3 heterocycles. The summed E-state index contributed by atoms with van der Waals surface area (Å²) >= 11 is 0. The first kappa shape index (κ1) is 31.9. The average molecular weight is 729 g/mol. The van der Waals surface area contributed by atoms with E-state index in [1.54, 1.807) is 0 Å². The molecule has 3 nitrogen and oxygen atoms in total. The van der Waals surface area contributed by atoms with Gasteiger partial charge in [0.15, 0.2) is 0 Å². The van der Waals surface area contributed by atoms with E-state index in [2.05, 4.69) is 215 Å². The fourth-order valence-corrected chi connectivity index (χ4v) is 9.56. The summed E-state index contributed by atoms with van der Waals surface area (Å²) in [4.78, 5) is 0. The van der Waals surface area contributed by atoms with Crippen molar-refractivity contribution >= 4 is 49.3 Å². The maximum absolute atomic E-state index is 6.68. The maximum atomic E-state index is 6.68. The zero-order valence-electron chi connectivity index (χ0n) is 31.1. The minimum Gasteiger partial charge on any atom is -0.485 e.